The Labute approximate surface area is 425 Å². The van der Waals surface area contributed by atoms with Gasteiger partial charge in [-0.3, -0.25) is 18.6 Å². The average Bonchev–Trinajstić information content (AvgIpc) is 3.31. The highest BCUT2D eigenvalue weighted by Crippen LogP contribution is 2.43. The lowest BCUT2D eigenvalue weighted by Crippen LogP contribution is -2.47. The molecule has 0 aliphatic carbocycles. The molecule has 1 amide bonds. The van der Waals surface area contributed by atoms with Crippen LogP contribution in [0.1, 0.15) is 226 Å². The van der Waals surface area contributed by atoms with Crippen molar-refractivity contribution < 1.29 is 37.3 Å². The first-order valence-electron chi connectivity index (χ1n) is 27.9. The van der Waals surface area contributed by atoms with Crippen molar-refractivity contribution in [2.24, 2.45) is 0 Å². The van der Waals surface area contributed by atoms with E-state index in [9.17, 15) is 19.0 Å². The molecule has 3 atom stereocenters. The van der Waals surface area contributed by atoms with Crippen LogP contribution in [-0.2, 0) is 27.9 Å². The van der Waals surface area contributed by atoms with E-state index >= 15 is 0 Å². The monoisotopic (exact) mass is 986 g/mol. The normalized spacial score (nSPS) is 14.5. The molecule has 0 spiro atoms. The molecule has 0 saturated carbocycles. The van der Waals surface area contributed by atoms with Gasteiger partial charge in [0.2, 0.25) is 5.91 Å². The molecule has 10 heteroatoms. The summed E-state index contributed by atoms with van der Waals surface area (Å²) in [4.78, 5) is 37.5. The lowest BCUT2D eigenvalue weighted by Gasteiger charge is -2.27. The summed E-state index contributed by atoms with van der Waals surface area (Å²) in [7, 11) is 1.44. The molecule has 0 aromatic rings. The number of ether oxygens (including phenoxy) is 1. The van der Waals surface area contributed by atoms with Crippen molar-refractivity contribution in [1.82, 2.24) is 5.32 Å². The summed E-state index contributed by atoms with van der Waals surface area (Å²) in [6.07, 6.45) is 63.0. The molecule has 0 aliphatic heterocycles. The summed E-state index contributed by atoms with van der Waals surface area (Å²) in [5, 5.41) is 3.00. The average molecular weight is 986 g/mol. The Morgan fingerprint density at radius 1 is 0.522 bits per heavy atom. The SMILES string of the molecule is CC/C=C\C/C=C\C/C=C\C/C=C\C/C=C\CCCC(=O)NC(COP(=O)(O)OCC[N+](C)(C)C)C(/C=C\CCCCCCCCCCCCC)OC(=O)CCCCC/C=C\CCCCCCCC. The number of nitrogens with one attached hydrogen (secondary N) is 1. The number of rotatable bonds is 49. The summed E-state index contributed by atoms with van der Waals surface area (Å²) in [5.74, 6) is -0.596. The Balaban J connectivity index is 5.52. The zero-order valence-corrected chi connectivity index (χ0v) is 46.2. The number of allylic oxidation sites excluding steroid dienone is 13. The lowest BCUT2D eigenvalue weighted by molar-refractivity contribution is -0.870. The van der Waals surface area contributed by atoms with Crippen LogP contribution in [0.5, 0.6) is 0 Å². The second-order valence-corrected chi connectivity index (χ2v) is 21.2. The molecule has 0 bridgehead atoms. The predicted molar refractivity (Wildman–Crippen MR) is 295 cm³/mol. The third kappa shape index (κ3) is 49.9. The van der Waals surface area contributed by atoms with E-state index in [2.05, 4.69) is 99.0 Å². The molecule has 0 aliphatic rings. The quantitative estimate of drug-likeness (QED) is 0.0205. The van der Waals surface area contributed by atoms with Crippen molar-refractivity contribution in [3.8, 4) is 0 Å². The number of amides is 1. The van der Waals surface area contributed by atoms with Crippen LogP contribution in [0.4, 0.5) is 0 Å². The fourth-order valence-electron chi connectivity index (χ4n) is 7.50. The zero-order chi connectivity index (χ0) is 50.8. The van der Waals surface area contributed by atoms with Crippen LogP contribution >= 0.6 is 7.82 Å². The van der Waals surface area contributed by atoms with Crippen LogP contribution in [-0.4, -0.2) is 74.3 Å². The third-order valence-electron chi connectivity index (χ3n) is 11.8. The summed E-state index contributed by atoms with van der Waals surface area (Å²) >= 11 is 0. The number of carbonyl (C=O) groups is 2. The van der Waals surface area contributed by atoms with Crippen LogP contribution in [0.3, 0.4) is 0 Å². The van der Waals surface area contributed by atoms with Crippen LogP contribution in [0, 0.1) is 0 Å². The van der Waals surface area contributed by atoms with E-state index in [1.165, 1.54) is 96.3 Å². The molecule has 398 valence electrons. The third-order valence-corrected chi connectivity index (χ3v) is 12.8. The predicted octanol–water partition coefficient (Wildman–Crippen LogP) is 16.7. The van der Waals surface area contributed by atoms with Crippen molar-refractivity contribution in [3.63, 3.8) is 0 Å². The Morgan fingerprint density at radius 2 is 0.942 bits per heavy atom. The van der Waals surface area contributed by atoms with Gasteiger partial charge in [0.05, 0.1) is 33.8 Å². The summed E-state index contributed by atoms with van der Waals surface area (Å²) in [5.41, 5.74) is 0. The molecule has 0 aromatic carbocycles. The maximum Gasteiger partial charge on any atom is 0.472 e. The maximum absolute atomic E-state index is 13.5. The second-order valence-electron chi connectivity index (χ2n) is 19.7. The molecular formula is C59H106N2O7P+. The molecule has 0 heterocycles. The Hall–Kier alpha value is -2.81. The van der Waals surface area contributed by atoms with Gasteiger partial charge in [-0.25, -0.2) is 4.57 Å². The summed E-state index contributed by atoms with van der Waals surface area (Å²) in [6.45, 7) is 6.82. The molecule has 3 unspecified atom stereocenters. The topological polar surface area (TPSA) is 111 Å². The summed E-state index contributed by atoms with van der Waals surface area (Å²) in [6, 6.07) is -0.886. The first-order chi connectivity index (χ1) is 33.4. The fraction of sp³-hybridized carbons (Fsp3) is 0.729. The number of phosphoric ester groups is 1. The van der Waals surface area contributed by atoms with Gasteiger partial charge < -0.3 is 19.4 Å². The van der Waals surface area contributed by atoms with Gasteiger partial charge in [0.25, 0.3) is 0 Å². The van der Waals surface area contributed by atoms with Gasteiger partial charge in [-0.05, 0) is 96.0 Å². The highest BCUT2D eigenvalue weighted by atomic mass is 31.2. The van der Waals surface area contributed by atoms with E-state index in [1.807, 2.05) is 33.3 Å². The van der Waals surface area contributed by atoms with E-state index in [0.717, 1.165) is 83.5 Å². The number of hydrogen-bond acceptors (Lipinski definition) is 6. The number of carbonyl (C=O) groups excluding carboxylic acids is 2. The van der Waals surface area contributed by atoms with Gasteiger partial charge >= 0.3 is 13.8 Å². The minimum Gasteiger partial charge on any atom is -0.456 e. The molecule has 0 aromatic heterocycles. The smallest absolute Gasteiger partial charge is 0.456 e. The van der Waals surface area contributed by atoms with Crippen LogP contribution < -0.4 is 5.32 Å². The maximum atomic E-state index is 13.5. The van der Waals surface area contributed by atoms with Crippen LogP contribution in [0.15, 0.2) is 85.1 Å². The van der Waals surface area contributed by atoms with Crippen molar-refractivity contribution in [1.29, 1.82) is 0 Å². The number of phosphoric acid groups is 1. The number of likely N-dealkylation sites (N-methyl/N-ethyl adjacent to an activating group) is 1. The molecule has 0 saturated heterocycles. The lowest BCUT2D eigenvalue weighted by atomic mass is 10.0. The van der Waals surface area contributed by atoms with Gasteiger partial charge in [0.1, 0.15) is 19.3 Å². The zero-order valence-electron chi connectivity index (χ0n) is 45.3. The van der Waals surface area contributed by atoms with Gasteiger partial charge in [-0.15, -0.1) is 0 Å². The van der Waals surface area contributed by atoms with Gasteiger partial charge in [0.15, 0.2) is 0 Å². The standard InChI is InChI=1S/C59H105N2O7P/c1-7-10-13-16-19-22-25-28-29-30-31-34-36-39-42-45-48-51-58(62)60-56(55-67-69(64,65)66-54-53-61(4,5)6)57(50-47-44-41-38-35-32-26-23-20-17-14-11-8-2)68-59(63)52-49-46-43-40-37-33-27-24-21-18-15-12-9-3/h10,13,19,22,28-29,31,33-34,37,39,42,47,50,56-57H,7-9,11-12,14-18,20-21,23-27,30,32,35-36,38,40-41,43-46,48-49,51-55H2,1-6H3,(H-,60,62,64,65)/p+1/b13-10-,22-19-,29-28-,34-31-,37-33-,42-39-,50-47-. The summed E-state index contributed by atoms with van der Waals surface area (Å²) < 4.78 is 30.5. The van der Waals surface area contributed by atoms with E-state index in [0.29, 0.717) is 23.9 Å². The highest BCUT2D eigenvalue weighted by molar-refractivity contribution is 7.47. The van der Waals surface area contributed by atoms with E-state index in [1.54, 1.807) is 0 Å². The largest absolute Gasteiger partial charge is 0.472 e. The number of unbranched alkanes of at least 4 members (excludes halogenated alkanes) is 21. The first kappa shape index (κ1) is 66.2. The van der Waals surface area contributed by atoms with Crippen molar-refractivity contribution in [2.45, 2.75) is 238 Å². The Kier molecular flexibility index (Phi) is 46.8. The van der Waals surface area contributed by atoms with Crippen molar-refractivity contribution in [2.75, 3.05) is 40.9 Å². The fourth-order valence-corrected chi connectivity index (χ4v) is 8.23. The Bertz CT molecular complexity index is 1460. The number of esters is 1. The number of quaternary nitrogens is 1. The molecule has 0 fully saturated rings. The highest BCUT2D eigenvalue weighted by Gasteiger charge is 2.30. The van der Waals surface area contributed by atoms with Crippen molar-refractivity contribution in [3.05, 3.63) is 85.1 Å². The van der Waals surface area contributed by atoms with E-state index < -0.39 is 20.0 Å². The first-order valence-corrected chi connectivity index (χ1v) is 29.4. The molecule has 2 N–H and O–H groups in total. The van der Waals surface area contributed by atoms with Crippen LogP contribution in [0.2, 0.25) is 0 Å². The van der Waals surface area contributed by atoms with E-state index in [-0.39, 0.29) is 37.9 Å². The second kappa shape index (κ2) is 48.8. The number of hydrogen-bond donors (Lipinski definition) is 2. The minimum atomic E-state index is -4.46. The van der Waals surface area contributed by atoms with Crippen LogP contribution in [0.25, 0.3) is 0 Å². The minimum absolute atomic E-state index is 0.0241. The Morgan fingerprint density at radius 3 is 1.43 bits per heavy atom. The van der Waals surface area contributed by atoms with Crippen molar-refractivity contribution >= 4 is 19.7 Å². The molecule has 0 radical (unpaired) electrons. The van der Waals surface area contributed by atoms with E-state index in [4.69, 9.17) is 13.8 Å². The molecular weight excluding hydrogens is 880 g/mol. The van der Waals surface area contributed by atoms with Gasteiger partial charge in [-0.1, -0.05) is 202 Å². The van der Waals surface area contributed by atoms with Gasteiger partial charge in [-0.2, -0.15) is 0 Å². The molecule has 69 heavy (non-hydrogen) atoms. The molecule has 9 nitrogen and oxygen atoms in total. The van der Waals surface area contributed by atoms with Gasteiger partial charge in [0, 0.05) is 12.8 Å². The molecule has 0 rings (SSSR count). The number of nitrogens with zero attached hydrogens (tertiary/aromatic N) is 1.